The van der Waals surface area contributed by atoms with E-state index in [0.29, 0.717) is 11.5 Å². The first-order valence-electron chi connectivity index (χ1n) is 10.4. The summed E-state index contributed by atoms with van der Waals surface area (Å²) < 4.78 is 0. The number of fused-ring (bicyclic) bond motifs is 1. The summed E-state index contributed by atoms with van der Waals surface area (Å²) in [7, 11) is 0. The van der Waals surface area contributed by atoms with Crippen LogP contribution in [0, 0.1) is 23.2 Å². The van der Waals surface area contributed by atoms with E-state index in [0.717, 1.165) is 63.4 Å². The van der Waals surface area contributed by atoms with Crippen LogP contribution in [0.25, 0.3) is 21.5 Å². The highest BCUT2D eigenvalue weighted by Crippen LogP contribution is 2.61. The number of thiophene rings is 1. The lowest BCUT2D eigenvalue weighted by molar-refractivity contribution is -0.0350. The number of aromatic nitrogens is 1. The molecule has 4 bridgehead atoms. The number of nitrogens with zero attached hydrogens (tertiary/aromatic N) is 1. The minimum absolute atomic E-state index is 0.147. The first kappa shape index (κ1) is 16.7. The van der Waals surface area contributed by atoms with Crippen LogP contribution in [-0.2, 0) is 0 Å². The van der Waals surface area contributed by atoms with E-state index in [9.17, 15) is 4.79 Å². The molecule has 4 heteroatoms. The van der Waals surface area contributed by atoms with Crippen LogP contribution in [-0.4, -0.2) is 10.8 Å². The quantitative estimate of drug-likeness (QED) is 0.565. The average molecular weight is 389 g/mol. The minimum atomic E-state index is -0.147. The normalized spacial score (nSPS) is 30.8. The summed E-state index contributed by atoms with van der Waals surface area (Å²) in [4.78, 5) is 20.2. The van der Waals surface area contributed by atoms with Crippen LogP contribution >= 0.6 is 11.3 Å². The van der Waals surface area contributed by atoms with Gasteiger partial charge in [0.2, 0.25) is 0 Å². The van der Waals surface area contributed by atoms with Crippen molar-refractivity contribution in [1.29, 1.82) is 0 Å². The van der Waals surface area contributed by atoms with Gasteiger partial charge in [-0.15, -0.1) is 11.3 Å². The standard InChI is InChI=1S/C24H24N2OS/c25-20-18-6-7-19(17-4-2-1-3-5-17)26-23(18)28-21(20)22(27)24-11-14-8-15(12-24)10-16(9-14)13-24/h1-7,14-16H,8-13,25H2. The largest absolute Gasteiger partial charge is 0.397 e. The Morgan fingerprint density at radius 3 is 2.25 bits per heavy atom. The van der Waals surface area contributed by atoms with Crippen LogP contribution < -0.4 is 5.73 Å². The highest BCUT2D eigenvalue weighted by molar-refractivity contribution is 7.21. The number of hydrogen-bond acceptors (Lipinski definition) is 4. The number of carbonyl (C=O) groups is 1. The van der Waals surface area contributed by atoms with E-state index in [2.05, 4.69) is 12.1 Å². The molecular formula is C24H24N2OS. The van der Waals surface area contributed by atoms with Gasteiger partial charge in [0.15, 0.2) is 5.78 Å². The van der Waals surface area contributed by atoms with Gasteiger partial charge in [-0.25, -0.2) is 4.98 Å². The van der Waals surface area contributed by atoms with Crippen molar-refractivity contribution in [2.45, 2.75) is 38.5 Å². The molecule has 2 heterocycles. The van der Waals surface area contributed by atoms with Gasteiger partial charge in [-0.05, 0) is 68.4 Å². The maximum atomic E-state index is 13.7. The number of benzene rings is 1. The van der Waals surface area contributed by atoms with Gasteiger partial charge in [-0.1, -0.05) is 30.3 Å². The molecule has 4 saturated carbocycles. The van der Waals surface area contributed by atoms with Crippen molar-refractivity contribution in [2.75, 3.05) is 5.73 Å². The average Bonchev–Trinajstić information content (AvgIpc) is 3.03. The van der Waals surface area contributed by atoms with Crippen LogP contribution in [0.1, 0.15) is 48.2 Å². The van der Waals surface area contributed by atoms with Crippen molar-refractivity contribution in [2.24, 2.45) is 23.2 Å². The highest BCUT2D eigenvalue weighted by Gasteiger charge is 2.55. The molecular weight excluding hydrogens is 364 g/mol. The molecule has 2 N–H and O–H groups in total. The van der Waals surface area contributed by atoms with E-state index >= 15 is 0 Å². The van der Waals surface area contributed by atoms with Gasteiger partial charge in [0.1, 0.15) is 4.83 Å². The van der Waals surface area contributed by atoms with Gasteiger partial charge in [-0.2, -0.15) is 0 Å². The zero-order valence-corrected chi connectivity index (χ0v) is 16.7. The molecule has 0 unspecified atom stereocenters. The zero-order chi connectivity index (χ0) is 18.9. The molecule has 0 atom stereocenters. The molecule has 4 fully saturated rings. The molecule has 0 radical (unpaired) electrons. The number of rotatable bonds is 3. The number of Topliss-reactive ketones (excluding diaryl/α,β-unsaturated/α-hetero) is 1. The second kappa shape index (κ2) is 5.90. The van der Waals surface area contributed by atoms with Gasteiger partial charge in [0.25, 0.3) is 0 Å². The van der Waals surface area contributed by atoms with E-state index < -0.39 is 0 Å². The molecule has 0 spiro atoms. The van der Waals surface area contributed by atoms with Gasteiger partial charge in [0.05, 0.1) is 16.3 Å². The maximum absolute atomic E-state index is 13.7. The number of carbonyl (C=O) groups excluding carboxylic acids is 1. The van der Waals surface area contributed by atoms with Crippen LogP contribution in [0.2, 0.25) is 0 Å². The Bertz CT molecular complexity index is 1050. The summed E-state index contributed by atoms with van der Waals surface area (Å²) in [5.41, 5.74) is 9.02. The lowest BCUT2D eigenvalue weighted by atomic mass is 9.48. The van der Waals surface area contributed by atoms with Crippen LogP contribution in [0.4, 0.5) is 5.69 Å². The molecule has 28 heavy (non-hydrogen) atoms. The summed E-state index contributed by atoms with van der Waals surface area (Å²) in [6, 6.07) is 14.2. The van der Waals surface area contributed by atoms with Crippen LogP contribution in [0.15, 0.2) is 42.5 Å². The van der Waals surface area contributed by atoms with Gasteiger partial charge < -0.3 is 5.73 Å². The first-order valence-corrected chi connectivity index (χ1v) is 11.2. The number of pyridine rings is 1. The molecule has 2 aromatic heterocycles. The fraction of sp³-hybridized carbons (Fsp3) is 0.417. The molecule has 0 amide bonds. The Morgan fingerprint density at radius 2 is 1.61 bits per heavy atom. The molecule has 0 aliphatic heterocycles. The first-order chi connectivity index (χ1) is 13.6. The SMILES string of the molecule is Nc1c(C(=O)C23CC4CC(CC(C4)C2)C3)sc2nc(-c3ccccc3)ccc12. The molecule has 4 aliphatic rings. The second-order valence-corrected chi connectivity index (χ2v) is 10.3. The van der Waals surface area contributed by atoms with Crippen molar-refractivity contribution in [1.82, 2.24) is 4.98 Å². The number of ketones is 1. The van der Waals surface area contributed by atoms with Crippen LogP contribution in [0.3, 0.4) is 0 Å². The number of anilines is 1. The summed E-state index contributed by atoms with van der Waals surface area (Å²) in [6.45, 7) is 0. The molecule has 3 aromatic rings. The predicted molar refractivity (Wildman–Crippen MR) is 114 cm³/mol. The topological polar surface area (TPSA) is 56.0 Å². The summed E-state index contributed by atoms with van der Waals surface area (Å²) >= 11 is 1.50. The lowest BCUT2D eigenvalue weighted by Crippen LogP contribution is -2.49. The third-order valence-corrected chi connectivity index (χ3v) is 8.50. The van der Waals surface area contributed by atoms with Crippen molar-refractivity contribution >= 4 is 33.0 Å². The fourth-order valence-corrected chi connectivity index (χ4v) is 7.72. The van der Waals surface area contributed by atoms with E-state index in [4.69, 9.17) is 10.7 Å². The highest BCUT2D eigenvalue weighted by atomic mass is 32.1. The maximum Gasteiger partial charge on any atom is 0.181 e. The molecule has 142 valence electrons. The number of nitrogens with two attached hydrogens (primary N) is 1. The fourth-order valence-electron chi connectivity index (χ4n) is 6.57. The monoisotopic (exact) mass is 388 g/mol. The Kier molecular flexibility index (Phi) is 3.52. The predicted octanol–water partition coefficient (Wildman–Crippen LogP) is 5.94. The Hall–Kier alpha value is -2.20. The third-order valence-electron chi connectivity index (χ3n) is 7.39. The van der Waals surface area contributed by atoms with E-state index in [-0.39, 0.29) is 5.41 Å². The minimum Gasteiger partial charge on any atom is -0.397 e. The Morgan fingerprint density at radius 1 is 0.964 bits per heavy atom. The molecule has 3 nitrogen and oxygen atoms in total. The van der Waals surface area contributed by atoms with Crippen LogP contribution in [0.5, 0.6) is 0 Å². The Labute approximate surface area is 169 Å². The zero-order valence-electron chi connectivity index (χ0n) is 15.9. The molecule has 1 aromatic carbocycles. The van der Waals surface area contributed by atoms with Gasteiger partial charge in [0, 0.05) is 16.4 Å². The molecule has 7 rings (SSSR count). The lowest BCUT2D eigenvalue weighted by Gasteiger charge is -2.55. The van der Waals surface area contributed by atoms with Gasteiger partial charge in [-0.3, -0.25) is 4.79 Å². The Balaban J connectivity index is 1.41. The summed E-state index contributed by atoms with van der Waals surface area (Å²) in [5, 5.41) is 0.928. The number of hydrogen-bond donors (Lipinski definition) is 1. The van der Waals surface area contributed by atoms with E-state index in [1.807, 2.05) is 30.3 Å². The second-order valence-electron chi connectivity index (χ2n) is 9.29. The third kappa shape index (κ3) is 2.40. The van der Waals surface area contributed by atoms with E-state index in [1.54, 1.807) is 0 Å². The molecule has 4 aliphatic carbocycles. The summed E-state index contributed by atoms with van der Waals surface area (Å²) in [6.07, 6.45) is 7.26. The van der Waals surface area contributed by atoms with Crippen molar-refractivity contribution in [3.05, 3.63) is 47.3 Å². The van der Waals surface area contributed by atoms with Gasteiger partial charge >= 0.3 is 0 Å². The smallest absolute Gasteiger partial charge is 0.181 e. The molecule has 0 saturated heterocycles. The summed E-state index contributed by atoms with van der Waals surface area (Å²) in [5.74, 6) is 2.59. The van der Waals surface area contributed by atoms with Crippen molar-refractivity contribution in [3.8, 4) is 11.3 Å². The van der Waals surface area contributed by atoms with E-state index in [1.165, 1.54) is 30.6 Å². The van der Waals surface area contributed by atoms with Crippen molar-refractivity contribution < 1.29 is 4.79 Å². The number of nitrogen functional groups attached to an aromatic ring is 1. The van der Waals surface area contributed by atoms with Crippen molar-refractivity contribution in [3.63, 3.8) is 0 Å².